The van der Waals surface area contributed by atoms with Crippen LogP contribution in [0.4, 0.5) is 4.39 Å². The van der Waals surface area contributed by atoms with Crippen molar-refractivity contribution in [1.29, 1.82) is 0 Å². The first-order valence-electron chi connectivity index (χ1n) is 5.24. The van der Waals surface area contributed by atoms with Crippen LogP contribution in [-0.4, -0.2) is 24.2 Å². The number of pyridine rings is 1. The highest BCUT2D eigenvalue weighted by Crippen LogP contribution is 2.14. The zero-order valence-corrected chi connectivity index (χ0v) is 8.79. The normalized spacial score (nSPS) is 20.5. The fraction of sp³-hybridized carbons (Fsp3) is 0.545. The fourth-order valence-corrected chi connectivity index (χ4v) is 1.71. The van der Waals surface area contributed by atoms with Crippen molar-refractivity contribution in [3.8, 4) is 5.75 Å². The lowest BCUT2D eigenvalue weighted by molar-refractivity contribution is 0.275. The van der Waals surface area contributed by atoms with Gasteiger partial charge in [0, 0.05) is 11.6 Å². The van der Waals surface area contributed by atoms with Gasteiger partial charge in [-0.2, -0.15) is 4.39 Å². The summed E-state index contributed by atoms with van der Waals surface area (Å²) in [5.74, 6) is 0.212. The molecule has 0 saturated carbocycles. The number of halogens is 1. The molecule has 2 rings (SSSR count). The third-order valence-corrected chi connectivity index (χ3v) is 2.60. The van der Waals surface area contributed by atoms with Gasteiger partial charge in [-0.15, -0.1) is 0 Å². The Labute approximate surface area is 88.7 Å². The Hall–Kier alpha value is -1.16. The molecule has 1 aromatic rings. The monoisotopic (exact) mass is 210 g/mol. The van der Waals surface area contributed by atoms with Gasteiger partial charge < -0.3 is 10.1 Å². The number of aromatic nitrogens is 1. The van der Waals surface area contributed by atoms with Gasteiger partial charge in [0.2, 0.25) is 5.95 Å². The van der Waals surface area contributed by atoms with Gasteiger partial charge >= 0.3 is 0 Å². The highest BCUT2D eigenvalue weighted by Gasteiger charge is 2.14. The van der Waals surface area contributed by atoms with Gasteiger partial charge in [-0.25, -0.2) is 4.98 Å². The van der Waals surface area contributed by atoms with Crippen LogP contribution >= 0.6 is 0 Å². The number of hydrogen-bond acceptors (Lipinski definition) is 3. The summed E-state index contributed by atoms with van der Waals surface area (Å²) in [5.41, 5.74) is 0.520. The average Bonchev–Trinajstić information content (AvgIpc) is 2.73. The molecule has 1 saturated heterocycles. The Morgan fingerprint density at radius 3 is 3.20 bits per heavy atom. The molecule has 0 bridgehead atoms. The first-order valence-corrected chi connectivity index (χ1v) is 5.24. The van der Waals surface area contributed by atoms with Gasteiger partial charge in [0.1, 0.15) is 12.4 Å². The zero-order chi connectivity index (χ0) is 10.7. The zero-order valence-electron chi connectivity index (χ0n) is 8.79. The summed E-state index contributed by atoms with van der Waals surface area (Å²) in [7, 11) is 0. The Morgan fingerprint density at radius 2 is 2.53 bits per heavy atom. The molecular weight excluding hydrogens is 195 g/mol. The van der Waals surface area contributed by atoms with Gasteiger partial charge in [0.25, 0.3) is 0 Å². The second-order valence-corrected chi connectivity index (χ2v) is 3.88. The van der Waals surface area contributed by atoms with Gasteiger partial charge in [-0.1, -0.05) is 0 Å². The molecule has 0 amide bonds. The lowest BCUT2D eigenvalue weighted by Gasteiger charge is -2.12. The predicted molar refractivity (Wildman–Crippen MR) is 55.5 cm³/mol. The van der Waals surface area contributed by atoms with Crippen molar-refractivity contribution in [3.05, 3.63) is 23.8 Å². The van der Waals surface area contributed by atoms with E-state index in [2.05, 4.69) is 10.3 Å². The smallest absolute Gasteiger partial charge is 0.215 e. The van der Waals surface area contributed by atoms with Crippen LogP contribution in [0.15, 0.2) is 12.3 Å². The number of hydrogen-bond donors (Lipinski definition) is 1. The molecule has 0 aromatic carbocycles. The van der Waals surface area contributed by atoms with Crippen molar-refractivity contribution in [3.63, 3.8) is 0 Å². The minimum atomic E-state index is -0.429. The van der Waals surface area contributed by atoms with Crippen molar-refractivity contribution in [1.82, 2.24) is 10.3 Å². The minimum Gasteiger partial charge on any atom is -0.490 e. The standard InChI is InChI=1S/C11H15FN2O/c1-8-5-10(6-14-11(8)12)15-7-9-3-2-4-13-9/h5-6,9,13H,2-4,7H2,1H3. The third-order valence-electron chi connectivity index (χ3n) is 2.60. The van der Waals surface area contributed by atoms with Crippen molar-refractivity contribution >= 4 is 0 Å². The Bertz CT molecular complexity index is 337. The highest BCUT2D eigenvalue weighted by molar-refractivity contribution is 5.23. The predicted octanol–water partition coefficient (Wildman–Crippen LogP) is 1.66. The van der Waals surface area contributed by atoms with Crippen LogP contribution in [0.3, 0.4) is 0 Å². The Kier molecular flexibility index (Phi) is 3.16. The molecule has 0 spiro atoms. The average molecular weight is 210 g/mol. The maximum Gasteiger partial charge on any atom is 0.215 e. The van der Waals surface area contributed by atoms with E-state index in [1.807, 2.05) is 0 Å². The first-order chi connectivity index (χ1) is 7.25. The molecule has 3 nitrogen and oxygen atoms in total. The first kappa shape index (κ1) is 10.4. The van der Waals surface area contributed by atoms with E-state index in [9.17, 15) is 4.39 Å². The van der Waals surface area contributed by atoms with Crippen LogP contribution < -0.4 is 10.1 Å². The number of aryl methyl sites for hydroxylation is 1. The molecule has 82 valence electrons. The van der Waals surface area contributed by atoms with Crippen LogP contribution in [0, 0.1) is 12.9 Å². The molecule has 2 heterocycles. The quantitative estimate of drug-likeness (QED) is 0.770. The number of ether oxygens (including phenoxy) is 1. The number of rotatable bonds is 3. The van der Waals surface area contributed by atoms with Crippen LogP contribution in [0.25, 0.3) is 0 Å². The molecule has 1 aliphatic rings. The third kappa shape index (κ3) is 2.65. The maximum atomic E-state index is 12.9. The Balaban J connectivity index is 1.90. The molecule has 1 atom stereocenters. The summed E-state index contributed by atoms with van der Waals surface area (Å²) < 4.78 is 18.4. The molecule has 1 aromatic heterocycles. The number of nitrogens with one attached hydrogen (secondary N) is 1. The summed E-state index contributed by atoms with van der Waals surface area (Å²) in [4.78, 5) is 3.61. The van der Waals surface area contributed by atoms with Gasteiger partial charge in [-0.3, -0.25) is 0 Å². The van der Waals surface area contributed by atoms with Crippen molar-refractivity contribution < 1.29 is 9.13 Å². The molecule has 1 aliphatic heterocycles. The lowest BCUT2D eigenvalue weighted by atomic mass is 10.2. The van der Waals surface area contributed by atoms with Crippen LogP contribution in [0.1, 0.15) is 18.4 Å². The van der Waals surface area contributed by atoms with Gasteiger partial charge in [0.05, 0.1) is 6.20 Å². The van der Waals surface area contributed by atoms with E-state index >= 15 is 0 Å². The van der Waals surface area contributed by atoms with E-state index in [1.54, 1.807) is 13.0 Å². The van der Waals surface area contributed by atoms with Crippen molar-refractivity contribution in [2.24, 2.45) is 0 Å². The SMILES string of the molecule is Cc1cc(OCC2CCCN2)cnc1F. The topological polar surface area (TPSA) is 34.1 Å². The minimum absolute atomic E-state index is 0.426. The van der Waals surface area contributed by atoms with Crippen LogP contribution in [-0.2, 0) is 0 Å². The molecule has 1 unspecified atom stereocenters. The maximum absolute atomic E-state index is 12.9. The molecular formula is C11H15FN2O. The molecule has 1 fully saturated rings. The summed E-state index contributed by atoms with van der Waals surface area (Å²) >= 11 is 0. The Morgan fingerprint density at radius 1 is 1.67 bits per heavy atom. The second kappa shape index (κ2) is 4.57. The van der Waals surface area contributed by atoms with E-state index in [0.717, 1.165) is 13.0 Å². The van der Waals surface area contributed by atoms with E-state index in [0.29, 0.717) is 24.0 Å². The van der Waals surface area contributed by atoms with Crippen LogP contribution in [0.2, 0.25) is 0 Å². The van der Waals surface area contributed by atoms with E-state index in [4.69, 9.17) is 4.74 Å². The largest absolute Gasteiger partial charge is 0.490 e. The highest BCUT2D eigenvalue weighted by atomic mass is 19.1. The molecule has 4 heteroatoms. The van der Waals surface area contributed by atoms with E-state index in [-0.39, 0.29) is 0 Å². The molecule has 0 radical (unpaired) electrons. The van der Waals surface area contributed by atoms with Crippen LogP contribution in [0.5, 0.6) is 5.75 Å². The van der Waals surface area contributed by atoms with Gasteiger partial charge in [0.15, 0.2) is 0 Å². The van der Waals surface area contributed by atoms with Gasteiger partial charge in [-0.05, 0) is 32.4 Å². The lowest BCUT2D eigenvalue weighted by Crippen LogP contribution is -2.28. The van der Waals surface area contributed by atoms with Crippen molar-refractivity contribution in [2.75, 3.05) is 13.2 Å². The summed E-state index contributed by atoms with van der Waals surface area (Å²) in [6, 6.07) is 2.10. The van der Waals surface area contributed by atoms with E-state index < -0.39 is 5.95 Å². The summed E-state index contributed by atoms with van der Waals surface area (Å²) in [5, 5.41) is 3.33. The number of nitrogens with zero attached hydrogens (tertiary/aromatic N) is 1. The molecule has 1 N–H and O–H groups in total. The fourth-order valence-electron chi connectivity index (χ4n) is 1.71. The second-order valence-electron chi connectivity index (χ2n) is 3.88. The summed E-state index contributed by atoms with van der Waals surface area (Å²) in [6.07, 6.45) is 3.78. The van der Waals surface area contributed by atoms with Crippen molar-refractivity contribution in [2.45, 2.75) is 25.8 Å². The molecule has 0 aliphatic carbocycles. The summed E-state index contributed by atoms with van der Waals surface area (Å²) in [6.45, 7) is 3.38. The van der Waals surface area contributed by atoms with E-state index in [1.165, 1.54) is 12.6 Å². The molecule has 15 heavy (non-hydrogen) atoms.